The monoisotopic (exact) mass is 333 g/mol. The Hall–Kier alpha value is -2.74. The maximum Gasteiger partial charge on any atom is 0.335 e. The zero-order chi connectivity index (χ0) is 17.3. The van der Waals surface area contributed by atoms with Crippen LogP contribution in [0.1, 0.15) is 23.3 Å². The van der Waals surface area contributed by atoms with Crippen molar-refractivity contribution in [2.75, 3.05) is 13.1 Å². The molecule has 2 heterocycles. The van der Waals surface area contributed by atoms with Gasteiger partial charge in [-0.1, -0.05) is 0 Å². The molecule has 1 fully saturated rings. The first-order valence-electron chi connectivity index (χ1n) is 7.45. The summed E-state index contributed by atoms with van der Waals surface area (Å²) >= 11 is 0. The molecular weight excluding hydrogens is 317 g/mol. The van der Waals surface area contributed by atoms with Crippen LogP contribution >= 0.6 is 0 Å². The van der Waals surface area contributed by atoms with E-state index in [1.807, 2.05) is 0 Å². The van der Waals surface area contributed by atoms with E-state index in [0.29, 0.717) is 11.3 Å². The molecule has 0 aliphatic carbocycles. The zero-order valence-corrected chi connectivity index (χ0v) is 12.7. The largest absolute Gasteiger partial charge is 0.479 e. The van der Waals surface area contributed by atoms with Gasteiger partial charge in [0, 0.05) is 31.5 Å². The lowest BCUT2D eigenvalue weighted by molar-refractivity contribution is -0.162. The number of nitrogens with one attached hydrogen (secondary N) is 1. The molecule has 24 heavy (non-hydrogen) atoms. The molecule has 0 saturated carbocycles. The summed E-state index contributed by atoms with van der Waals surface area (Å²) in [7, 11) is 0. The number of aromatic nitrogens is 2. The first-order chi connectivity index (χ1) is 11.4. The van der Waals surface area contributed by atoms with Crippen LogP contribution in [0.15, 0.2) is 30.3 Å². The van der Waals surface area contributed by atoms with Crippen LogP contribution in [0.4, 0.5) is 4.39 Å². The van der Waals surface area contributed by atoms with E-state index in [4.69, 9.17) is 5.11 Å². The molecule has 0 bridgehead atoms. The molecule has 3 rings (SSSR count). The first-order valence-corrected chi connectivity index (χ1v) is 7.45. The molecule has 3 N–H and O–H groups in total. The van der Waals surface area contributed by atoms with E-state index in [0.717, 1.165) is 0 Å². The minimum Gasteiger partial charge on any atom is -0.479 e. The number of amides is 1. The molecule has 0 atom stereocenters. The summed E-state index contributed by atoms with van der Waals surface area (Å²) in [6.07, 6.45) is -0.0416. The lowest BCUT2D eigenvalue weighted by Crippen LogP contribution is -2.50. The molecule has 1 saturated heterocycles. The lowest BCUT2D eigenvalue weighted by atomic mass is 9.91. The van der Waals surface area contributed by atoms with Gasteiger partial charge in [-0.15, -0.1) is 0 Å². The number of H-pyrrole nitrogens is 1. The number of rotatable bonds is 3. The topological polar surface area (TPSA) is 107 Å². The maximum atomic E-state index is 12.9. The Morgan fingerprint density at radius 2 is 1.83 bits per heavy atom. The fraction of sp³-hybridized carbons (Fsp3) is 0.312. The van der Waals surface area contributed by atoms with Crippen LogP contribution in [0.5, 0.6) is 0 Å². The van der Waals surface area contributed by atoms with Gasteiger partial charge in [-0.2, -0.15) is 5.10 Å². The number of aromatic amines is 1. The summed E-state index contributed by atoms with van der Waals surface area (Å²) in [5, 5.41) is 25.6. The normalized spacial score (nSPS) is 16.8. The first kappa shape index (κ1) is 16.1. The van der Waals surface area contributed by atoms with E-state index in [9.17, 15) is 19.1 Å². The highest BCUT2D eigenvalue weighted by molar-refractivity contribution is 5.93. The van der Waals surface area contributed by atoms with Gasteiger partial charge in [0.05, 0.1) is 5.69 Å². The van der Waals surface area contributed by atoms with Gasteiger partial charge in [0.1, 0.15) is 11.5 Å². The van der Waals surface area contributed by atoms with Crippen LogP contribution in [0.2, 0.25) is 0 Å². The quantitative estimate of drug-likeness (QED) is 0.784. The summed E-state index contributed by atoms with van der Waals surface area (Å²) < 4.78 is 12.9. The average molecular weight is 333 g/mol. The van der Waals surface area contributed by atoms with E-state index in [2.05, 4.69) is 10.2 Å². The minimum atomic E-state index is -1.77. The van der Waals surface area contributed by atoms with Crippen LogP contribution in [-0.2, 0) is 4.79 Å². The summed E-state index contributed by atoms with van der Waals surface area (Å²) in [5.41, 5.74) is -0.331. The molecule has 1 aromatic heterocycles. The fourth-order valence-corrected chi connectivity index (χ4v) is 2.66. The lowest BCUT2D eigenvalue weighted by Gasteiger charge is -2.35. The molecule has 1 aliphatic heterocycles. The zero-order valence-electron chi connectivity index (χ0n) is 12.7. The number of aliphatic hydroxyl groups is 1. The molecule has 0 spiro atoms. The second-order valence-electron chi connectivity index (χ2n) is 5.80. The van der Waals surface area contributed by atoms with E-state index < -0.39 is 11.6 Å². The van der Waals surface area contributed by atoms with Crippen LogP contribution < -0.4 is 0 Å². The van der Waals surface area contributed by atoms with Gasteiger partial charge in [0.25, 0.3) is 5.91 Å². The molecule has 1 amide bonds. The van der Waals surface area contributed by atoms with Gasteiger partial charge in [-0.3, -0.25) is 9.89 Å². The number of piperidine rings is 1. The number of carboxylic acids is 1. The van der Waals surface area contributed by atoms with Crippen molar-refractivity contribution in [3.8, 4) is 11.3 Å². The van der Waals surface area contributed by atoms with Crippen molar-refractivity contribution in [2.45, 2.75) is 18.4 Å². The van der Waals surface area contributed by atoms with E-state index >= 15 is 0 Å². The number of halogens is 1. The number of aliphatic carboxylic acids is 1. The molecule has 1 aliphatic rings. The van der Waals surface area contributed by atoms with Crippen molar-refractivity contribution in [2.24, 2.45) is 0 Å². The number of carbonyl (C=O) groups excluding carboxylic acids is 1. The van der Waals surface area contributed by atoms with Gasteiger partial charge in [0.2, 0.25) is 0 Å². The number of carbonyl (C=O) groups is 2. The third kappa shape index (κ3) is 3.00. The maximum absolute atomic E-state index is 12.9. The Morgan fingerprint density at radius 1 is 1.21 bits per heavy atom. The molecule has 2 aromatic rings. The average Bonchev–Trinajstić information content (AvgIpc) is 3.05. The number of carboxylic acid groups (broad SMARTS) is 1. The number of hydrogen-bond acceptors (Lipinski definition) is 4. The SMILES string of the molecule is O=C(c1cc(-c2ccc(F)cc2)n[nH]1)N1CCC(O)(C(=O)O)CC1. The summed E-state index contributed by atoms with van der Waals surface area (Å²) in [4.78, 5) is 24.9. The van der Waals surface area contributed by atoms with Crippen LogP contribution in [-0.4, -0.2) is 55.9 Å². The number of likely N-dealkylation sites (tertiary alicyclic amines) is 1. The van der Waals surface area contributed by atoms with E-state index in [1.165, 1.54) is 17.0 Å². The van der Waals surface area contributed by atoms with Crippen molar-refractivity contribution in [3.05, 3.63) is 41.8 Å². The summed E-state index contributed by atoms with van der Waals surface area (Å²) in [5.74, 6) is -1.94. The van der Waals surface area contributed by atoms with E-state index in [-0.39, 0.29) is 43.3 Å². The van der Waals surface area contributed by atoms with Gasteiger partial charge in [-0.25, -0.2) is 9.18 Å². The number of benzene rings is 1. The molecule has 7 nitrogen and oxygen atoms in total. The molecule has 126 valence electrons. The highest BCUT2D eigenvalue weighted by Crippen LogP contribution is 2.24. The molecule has 8 heteroatoms. The molecule has 1 aromatic carbocycles. The minimum absolute atomic E-state index is 0.0208. The third-order valence-corrected chi connectivity index (χ3v) is 4.22. The predicted molar refractivity (Wildman–Crippen MR) is 81.7 cm³/mol. The standard InChI is InChI=1S/C16H16FN3O4/c17-11-3-1-10(2-4-11)12-9-13(19-18-12)14(21)20-7-5-16(24,6-8-20)15(22)23/h1-4,9,24H,5-8H2,(H,18,19)(H,22,23). The van der Waals surface area contributed by atoms with Gasteiger partial charge >= 0.3 is 5.97 Å². The second-order valence-corrected chi connectivity index (χ2v) is 5.80. The Morgan fingerprint density at radius 3 is 2.42 bits per heavy atom. The summed E-state index contributed by atoms with van der Waals surface area (Å²) in [6, 6.07) is 7.31. The number of hydrogen-bond donors (Lipinski definition) is 3. The Labute approximate surface area is 136 Å². The van der Waals surface area contributed by atoms with Gasteiger partial charge in [0.15, 0.2) is 5.60 Å². The van der Waals surface area contributed by atoms with Crippen LogP contribution in [0, 0.1) is 5.82 Å². The highest BCUT2D eigenvalue weighted by atomic mass is 19.1. The van der Waals surface area contributed by atoms with Crippen molar-refractivity contribution in [1.29, 1.82) is 0 Å². The second kappa shape index (κ2) is 6.04. The molecule has 0 radical (unpaired) electrons. The fourth-order valence-electron chi connectivity index (χ4n) is 2.66. The van der Waals surface area contributed by atoms with Crippen molar-refractivity contribution < 1.29 is 24.2 Å². The summed E-state index contributed by atoms with van der Waals surface area (Å²) in [6.45, 7) is 0.291. The van der Waals surface area contributed by atoms with Crippen LogP contribution in [0.25, 0.3) is 11.3 Å². The Kier molecular flexibility index (Phi) is 4.06. The highest BCUT2D eigenvalue weighted by Gasteiger charge is 2.40. The van der Waals surface area contributed by atoms with Gasteiger partial charge < -0.3 is 15.1 Å². The van der Waals surface area contributed by atoms with Crippen molar-refractivity contribution in [3.63, 3.8) is 0 Å². The Balaban J connectivity index is 1.71. The van der Waals surface area contributed by atoms with Crippen LogP contribution in [0.3, 0.4) is 0 Å². The Bertz CT molecular complexity index is 764. The van der Waals surface area contributed by atoms with Crippen molar-refractivity contribution in [1.82, 2.24) is 15.1 Å². The van der Waals surface area contributed by atoms with E-state index in [1.54, 1.807) is 18.2 Å². The predicted octanol–water partition coefficient (Wildman–Crippen LogP) is 1.27. The molecule has 0 unspecified atom stereocenters. The smallest absolute Gasteiger partial charge is 0.335 e. The van der Waals surface area contributed by atoms with Gasteiger partial charge in [-0.05, 0) is 30.3 Å². The molecular formula is C16H16FN3O4. The third-order valence-electron chi connectivity index (χ3n) is 4.22. The van der Waals surface area contributed by atoms with Crippen molar-refractivity contribution >= 4 is 11.9 Å². The number of nitrogens with zero attached hydrogens (tertiary/aromatic N) is 2.